The maximum Gasteiger partial charge on any atom is 0.159 e. The van der Waals surface area contributed by atoms with Crippen LogP contribution in [-0.2, 0) is 13.5 Å². The van der Waals surface area contributed by atoms with Crippen LogP contribution in [0.2, 0.25) is 0 Å². The molecule has 0 aromatic carbocycles. The van der Waals surface area contributed by atoms with Crippen molar-refractivity contribution in [2.24, 2.45) is 7.05 Å². The zero-order valence-electron chi connectivity index (χ0n) is 11.0. The molecule has 1 aromatic rings. The van der Waals surface area contributed by atoms with Gasteiger partial charge in [-0.1, -0.05) is 0 Å². The van der Waals surface area contributed by atoms with E-state index in [2.05, 4.69) is 31.2 Å². The summed E-state index contributed by atoms with van der Waals surface area (Å²) in [4.78, 5) is 0. The Morgan fingerprint density at radius 2 is 2.12 bits per heavy atom. The summed E-state index contributed by atoms with van der Waals surface area (Å²) in [5.41, 5.74) is 1.36. The first-order valence-corrected chi connectivity index (χ1v) is 5.74. The Morgan fingerprint density at radius 3 is 2.69 bits per heavy atom. The number of aryl methyl sites for hydroxylation is 1. The molecule has 0 spiro atoms. The lowest BCUT2D eigenvalue weighted by Crippen LogP contribution is -2.36. The minimum Gasteiger partial charge on any atom is -0.493 e. The zero-order chi connectivity index (χ0) is 12.2. The van der Waals surface area contributed by atoms with Gasteiger partial charge in [-0.2, -0.15) is 5.10 Å². The quantitative estimate of drug-likeness (QED) is 0.776. The molecule has 4 nitrogen and oxygen atoms in total. The van der Waals surface area contributed by atoms with Crippen LogP contribution in [0.1, 0.15) is 32.9 Å². The second-order valence-corrected chi connectivity index (χ2v) is 5.06. The van der Waals surface area contributed by atoms with Crippen molar-refractivity contribution in [1.29, 1.82) is 0 Å². The topological polar surface area (TPSA) is 39.1 Å². The summed E-state index contributed by atoms with van der Waals surface area (Å²) >= 11 is 0. The van der Waals surface area contributed by atoms with E-state index in [0.717, 1.165) is 25.1 Å². The number of aromatic nitrogens is 2. The van der Waals surface area contributed by atoms with Gasteiger partial charge in [0.1, 0.15) is 0 Å². The van der Waals surface area contributed by atoms with E-state index in [4.69, 9.17) is 4.74 Å². The van der Waals surface area contributed by atoms with E-state index < -0.39 is 0 Å². The molecule has 0 fully saturated rings. The highest BCUT2D eigenvalue weighted by Crippen LogP contribution is 2.17. The molecule has 1 N–H and O–H groups in total. The minimum absolute atomic E-state index is 0.191. The van der Waals surface area contributed by atoms with Gasteiger partial charge < -0.3 is 10.1 Å². The van der Waals surface area contributed by atoms with Crippen LogP contribution >= 0.6 is 0 Å². The third-order valence-electron chi connectivity index (χ3n) is 2.49. The first-order chi connectivity index (χ1) is 7.44. The molecular weight excluding hydrogens is 202 g/mol. The summed E-state index contributed by atoms with van der Waals surface area (Å²) in [5, 5.41) is 7.66. The van der Waals surface area contributed by atoms with Crippen LogP contribution in [0.4, 0.5) is 0 Å². The summed E-state index contributed by atoms with van der Waals surface area (Å²) in [5.74, 6) is 0.887. The predicted octanol–water partition coefficient (Wildman–Crippen LogP) is 1.75. The third-order valence-corrected chi connectivity index (χ3v) is 2.49. The molecule has 0 radical (unpaired) electrons. The Labute approximate surface area is 98.0 Å². The van der Waals surface area contributed by atoms with Crippen LogP contribution in [-0.4, -0.2) is 29.0 Å². The van der Waals surface area contributed by atoms with Gasteiger partial charge in [-0.25, -0.2) is 0 Å². The lowest BCUT2D eigenvalue weighted by atomic mass is 10.1. The van der Waals surface area contributed by atoms with Crippen molar-refractivity contribution in [3.63, 3.8) is 0 Å². The second kappa shape index (κ2) is 5.34. The molecule has 0 atom stereocenters. The molecule has 1 aromatic heterocycles. The highest BCUT2D eigenvalue weighted by atomic mass is 16.5. The molecule has 92 valence electrons. The molecule has 16 heavy (non-hydrogen) atoms. The van der Waals surface area contributed by atoms with Gasteiger partial charge >= 0.3 is 0 Å². The van der Waals surface area contributed by atoms with Gasteiger partial charge in [0.05, 0.1) is 19.0 Å². The van der Waals surface area contributed by atoms with Crippen molar-refractivity contribution in [1.82, 2.24) is 15.1 Å². The lowest BCUT2D eigenvalue weighted by molar-refractivity contribution is 0.402. The Bertz CT molecular complexity index is 325. The molecule has 1 heterocycles. The van der Waals surface area contributed by atoms with E-state index in [0.29, 0.717) is 0 Å². The average Bonchev–Trinajstić information content (AvgIpc) is 2.53. The maximum absolute atomic E-state index is 5.26. The third kappa shape index (κ3) is 3.85. The molecular formula is C12H23N3O. The SMILES string of the molecule is COc1cnn(C)c1CCCNC(C)(C)C. The molecule has 0 unspecified atom stereocenters. The minimum atomic E-state index is 0.191. The van der Waals surface area contributed by atoms with Gasteiger partial charge in [0.25, 0.3) is 0 Å². The number of ether oxygens (including phenoxy) is 1. The first-order valence-electron chi connectivity index (χ1n) is 5.74. The smallest absolute Gasteiger partial charge is 0.159 e. The van der Waals surface area contributed by atoms with Gasteiger partial charge in [0.2, 0.25) is 0 Å². The molecule has 0 bridgehead atoms. The fourth-order valence-corrected chi connectivity index (χ4v) is 1.62. The summed E-state index contributed by atoms with van der Waals surface area (Å²) in [6, 6.07) is 0. The normalized spacial score (nSPS) is 11.8. The fourth-order valence-electron chi connectivity index (χ4n) is 1.62. The monoisotopic (exact) mass is 225 g/mol. The van der Waals surface area contributed by atoms with Gasteiger partial charge in [-0.05, 0) is 40.2 Å². The molecule has 1 rings (SSSR count). The fraction of sp³-hybridized carbons (Fsp3) is 0.750. The van der Waals surface area contributed by atoms with Crippen molar-refractivity contribution >= 4 is 0 Å². The van der Waals surface area contributed by atoms with Gasteiger partial charge in [0.15, 0.2) is 5.75 Å². The standard InChI is InChI=1S/C12H23N3O/c1-12(2,3)13-8-6-7-10-11(16-5)9-14-15(10)4/h9,13H,6-8H2,1-5H3. The van der Waals surface area contributed by atoms with Crippen LogP contribution in [0.15, 0.2) is 6.20 Å². The highest BCUT2D eigenvalue weighted by molar-refractivity contribution is 5.24. The first kappa shape index (κ1) is 13.0. The number of hydrogen-bond acceptors (Lipinski definition) is 3. The van der Waals surface area contributed by atoms with Crippen molar-refractivity contribution in [2.75, 3.05) is 13.7 Å². The molecule has 0 aliphatic carbocycles. The lowest BCUT2D eigenvalue weighted by Gasteiger charge is -2.20. The Kier molecular flexibility index (Phi) is 4.35. The molecule has 0 saturated carbocycles. The molecule has 0 aliphatic heterocycles. The van der Waals surface area contributed by atoms with E-state index in [9.17, 15) is 0 Å². The number of nitrogens with zero attached hydrogens (tertiary/aromatic N) is 2. The Hall–Kier alpha value is -1.03. The molecule has 0 aliphatic rings. The summed E-state index contributed by atoms with van der Waals surface area (Å²) in [6.07, 6.45) is 3.85. The number of rotatable bonds is 5. The van der Waals surface area contributed by atoms with Crippen molar-refractivity contribution in [3.05, 3.63) is 11.9 Å². The molecule has 4 heteroatoms. The predicted molar refractivity (Wildman–Crippen MR) is 65.8 cm³/mol. The molecule has 0 saturated heterocycles. The zero-order valence-corrected chi connectivity index (χ0v) is 11.0. The van der Waals surface area contributed by atoms with Crippen molar-refractivity contribution < 1.29 is 4.74 Å². The van der Waals surface area contributed by atoms with E-state index in [1.165, 1.54) is 5.69 Å². The summed E-state index contributed by atoms with van der Waals surface area (Å²) < 4.78 is 7.15. The second-order valence-electron chi connectivity index (χ2n) is 5.06. The number of nitrogens with one attached hydrogen (secondary N) is 1. The van der Waals surface area contributed by atoms with Gasteiger partial charge in [0, 0.05) is 12.6 Å². The van der Waals surface area contributed by atoms with E-state index in [-0.39, 0.29) is 5.54 Å². The van der Waals surface area contributed by atoms with Gasteiger partial charge in [-0.15, -0.1) is 0 Å². The van der Waals surface area contributed by atoms with Crippen LogP contribution in [0.5, 0.6) is 5.75 Å². The van der Waals surface area contributed by atoms with Crippen LogP contribution in [0, 0.1) is 0 Å². The van der Waals surface area contributed by atoms with Gasteiger partial charge in [-0.3, -0.25) is 4.68 Å². The van der Waals surface area contributed by atoms with Crippen LogP contribution in [0.25, 0.3) is 0 Å². The van der Waals surface area contributed by atoms with Crippen LogP contribution < -0.4 is 10.1 Å². The summed E-state index contributed by atoms with van der Waals surface area (Å²) in [6.45, 7) is 7.55. The average molecular weight is 225 g/mol. The van der Waals surface area contributed by atoms with Crippen LogP contribution in [0.3, 0.4) is 0 Å². The molecule has 0 amide bonds. The number of hydrogen-bond donors (Lipinski definition) is 1. The van der Waals surface area contributed by atoms with E-state index in [1.807, 2.05) is 11.7 Å². The number of methoxy groups -OCH3 is 1. The maximum atomic E-state index is 5.26. The van der Waals surface area contributed by atoms with Crippen molar-refractivity contribution in [2.45, 2.75) is 39.2 Å². The van der Waals surface area contributed by atoms with E-state index >= 15 is 0 Å². The van der Waals surface area contributed by atoms with Crippen molar-refractivity contribution in [3.8, 4) is 5.75 Å². The van der Waals surface area contributed by atoms with E-state index in [1.54, 1.807) is 13.3 Å². The Balaban J connectivity index is 2.40. The largest absolute Gasteiger partial charge is 0.493 e. The Morgan fingerprint density at radius 1 is 1.44 bits per heavy atom. The highest BCUT2D eigenvalue weighted by Gasteiger charge is 2.10. The summed E-state index contributed by atoms with van der Waals surface area (Å²) in [7, 11) is 3.64.